The highest BCUT2D eigenvalue weighted by molar-refractivity contribution is 7.88. The monoisotopic (exact) mass is 359 g/mol. The van der Waals surface area contributed by atoms with Crippen molar-refractivity contribution in [2.24, 2.45) is 5.73 Å². The first-order valence-electron chi connectivity index (χ1n) is 7.57. The molecule has 2 aromatic rings. The maximum Gasteiger partial charge on any atom is 0.220 e. The van der Waals surface area contributed by atoms with Crippen LogP contribution in [-0.4, -0.2) is 36.5 Å². The fraction of sp³-hybridized carbons (Fsp3) is 0.533. The third-order valence-corrected chi connectivity index (χ3v) is 6.04. The lowest BCUT2D eigenvalue weighted by Crippen LogP contribution is -2.51. The minimum atomic E-state index is -3.46. The van der Waals surface area contributed by atoms with Gasteiger partial charge in [0, 0.05) is 24.0 Å². The second-order valence-electron chi connectivity index (χ2n) is 5.91. The Morgan fingerprint density at radius 1 is 1.39 bits per heavy atom. The van der Waals surface area contributed by atoms with E-state index in [0.717, 1.165) is 24.6 Å². The van der Waals surface area contributed by atoms with Crippen molar-refractivity contribution in [1.82, 2.24) is 9.46 Å². The van der Waals surface area contributed by atoms with Gasteiger partial charge in [-0.25, -0.2) is 8.42 Å². The summed E-state index contributed by atoms with van der Waals surface area (Å²) in [5.41, 5.74) is 7.05. The van der Waals surface area contributed by atoms with Gasteiger partial charge in [0.25, 0.3) is 0 Å². The van der Waals surface area contributed by atoms with Crippen molar-refractivity contribution >= 4 is 33.4 Å². The summed E-state index contributed by atoms with van der Waals surface area (Å²) in [6.45, 7) is 2.40. The maximum atomic E-state index is 12.8. The quantitative estimate of drug-likeness (QED) is 0.904. The number of rotatable bonds is 4. The minimum absolute atomic E-state index is 0. The summed E-state index contributed by atoms with van der Waals surface area (Å²) in [5.74, 6) is -0.146. The van der Waals surface area contributed by atoms with E-state index < -0.39 is 10.0 Å². The summed E-state index contributed by atoms with van der Waals surface area (Å²) >= 11 is 0. The third kappa shape index (κ3) is 3.68. The first-order valence-corrected chi connectivity index (χ1v) is 9.18. The lowest BCUT2D eigenvalue weighted by atomic mass is 10.00. The highest BCUT2D eigenvalue weighted by Gasteiger charge is 2.35. The molecule has 1 aromatic carbocycles. The van der Waals surface area contributed by atoms with E-state index in [1.54, 1.807) is 10.4 Å². The summed E-state index contributed by atoms with van der Waals surface area (Å²) in [4.78, 5) is 0. The van der Waals surface area contributed by atoms with Gasteiger partial charge in [0.1, 0.15) is 11.4 Å². The summed E-state index contributed by atoms with van der Waals surface area (Å²) in [7, 11) is -3.46. The van der Waals surface area contributed by atoms with Gasteiger partial charge in [-0.2, -0.15) is 4.31 Å². The van der Waals surface area contributed by atoms with Crippen LogP contribution in [0.3, 0.4) is 0 Å². The number of sulfonamides is 1. The summed E-state index contributed by atoms with van der Waals surface area (Å²) < 4.78 is 32.4. The van der Waals surface area contributed by atoms with Crippen LogP contribution in [0.5, 0.6) is 0 Å². The largest absolute Gasteiger partial charge is 0.356 e. The highest BCUT2D eigenvalue weighted by Crippen LogP contribution is 2.26. The number of halogens is 1. The molecule has 3 rings (SSSR count). The Morgan fingerprint density at radius 2 is 2.13 bits per heavy atom. The Balaban J connectivity index is 0.00000192. The molecule has 0 saturated carbocycles. The topological polar surface area (TPSA) is 89.4 Å². The molecule has 2 heterocycles. The van der Waals surface area contributed by atoms with Crippen LogP contribution in [0, 0.1) is 0 Å². The summed E-state index contributed by atoms with van der Waals surface area (Å²) in [5, 5.41) is 4.68. The van der Waals surface area contributed by atoms with Crippen molar-refractivity contribution in [3.63, 3.8) is 0 Å². The fourth-order valence-corrected chi connectivity index (χ4v) is 4.94. The van der Waals surface area contributed by atoms with Crippen LogP contribution in [0.1, 0.15) is 31.9 Å². The van der Waals surface area contributed by atoms with Gasteiger partial charge < -0.3 is 10.3 Å². The van der Waals surface area contributed by atoms with E-state index in [0.29, 0.717) is 17.8 Å². The Morgan fingerprint density at radius 3 is 2.87 bits per heavy atom. The molecular weight excluding hydrogens is 338 g/mol. The first kappa shape index (κ1) is 18.2. The van der Waals surface area contributed by atoms with Crippen LogP contribution in [-0.2, 0) is 15.8 Å². The van der Waals surface area contributed by atoms with Gasteiger partial charge in [-0.05, 0) is 31.9 Å². The molecule has 0 aliphatic carbocycles. The molecule has 2 unspecified atom stereocenters. The Labute approximate surface area is 142 Å². The molecule has 23 heavy (non-hydrogen) atoms. The lowest BCUT2D eigenvalue weighted by molar-refractivity contribution is 0.227. The van der Waals surface area contributed by atoms with Crippen LogP contribution in [0.2, 0.25) is 0 Å². The predicted molar refractivity (Wildman–Crippen MR) is 91.9 cm³/mol. The molecule has 8 heteroatoms. The standard InChI is InChI=1S/C15H21N3O3S.ClH/c1-11(16)14-7-4-5-9-18(14)22(19,20)10-13-12-6-2-3-8-15(12)21-17-13;/h2-3,6,8,11,14H,4-5,7,9-10,16H2,1H3;1H. The normalized spacial score (nSPS) is 21.0. The third-order valence-electron chi connectivity index (χ3n) is 4.23. The number of nitrogens with two attached hydrogens (primary N) is 1. The zero-order chi connectivity index (χ0) is 15.7. The van der Waals surface area contributed by atoms with E-state index >= 15 is 0 Å². The van der Waals surface area contributed by atoms with Gasteiger partial charge in [-0.1, -0.05) is 23.7 Å². The highest BCUT2D eigenvalue weighted by atomic mass is 35.5. The molecule has 6 nitrogen and oxygen atoms in total. The van der Waals surface area contributed by atoms with Crippen molar-refractivity contribution in [2.75, 3.05) is 6.54 Å². The van der Waals surface area contributed by atoms with Crippen LogP contribution in [0.4, 0.5) is 0 Å². The summed E-state index contributed by atoms with van der Waals surface area (Å²) in [6.07, 6.45) is 2.71. The molecular formula is C15H22ClN3O3S. The van der Waals surface area contributed by atoms with Crippen LogP contribution >= 0.6 is 12.4 Å². The smallest absolute Gasteiger partial charge is 0.220 e. The van der Waals surface area contributed by atoms with E-state index in [9.17, 15) is 8.42 Å². The molecule has 1 aliphatic rings. The average molecular weight is 360 g/mol. The molecule has 1 aliphatic heterocycles. The van der Waals surface area contributed by atoms with Gasteiger partial charge in [0.15, 0.2) is 5.58 Å². The number of hydrogen-bond donors (Lipinski definition) is 1. The average Bonchev–Trinajstić information content (AvgIpc) is 2.90. The number of piperidine rings is 1. The molecule has 1 saturated heterocycles. The number of aromatic nitrogens is 1. The molecule has 0 spiro atoms. The molecule has 1 fully saturated rings. The van der Waals surface area contributed by atoms with Gasteiger partial charge in [-0.3, -0.25) is 0 Å². The van der Waals surface area contributed by atoms with E-state index in [4.69, 9.17) is 10.3 Å². The molecule has 0 radical (unpaired) electrons. The number of nitrogens with zero attached hydrogens (tertiary/aromatic N) is 2. The van der Waals surface area contributed by atoms with Crippen LogP contribution < -0.4 is 5.73 Å². The molecule has 0 bridgehead atoms. The zero-order valence-corrected chi connectivity index (χ0v) is 14.6. The number of benzene rings is 1. The first-order chi connectivity index (χ1) is 10.5. The Bertz CT molecular complexity index is 760. The molecule has 0 amide bonds. The maximum absolute atomic E-state index is 12.8. The molecule has 2 atom stereocenters. The number of fused-ring (bicyclic) bond motifs is 1. The minimum Gasteiger partial charge on any atom is -0.356 e. The Kier molecular flexibility index (Phi) is 5.67. The predicted octanol–water partition coefficient (Wildman–Crippen LogP) is 2.28. The molecule has 1 aromatic heterocycles. The number of para-hydroxylation sites is 1. The molecule has 2 N–H and O–H groups in total. The molecule has 128 valence electrons. The second kappa shape index (κ2) is 7.17. The van der Waals surface area contributed by atoms with Crippen molar-refractivity contribution in [3.05, 3.63) is 30.0 Å². The van der Waals surface area contributed by atoms with E-state index in [1.807, 2.05) is 25.1 Å². The van der Waals surface area contributed by atoms with Crippen LogP contribution in [0.15, 0.2) is 28.8 Å². The van der Waals surface area contributed by atoms with Crippen molar-refractivity contribution < 1.29 is 12.9 Å². The lowest BCUT2D eigenvalue weighted by Gasteiger charge is -2.36. The summed E-state index contributed by atoms with van der Waals surface area (Å²) in [6, 6.07) is 6.99. The van der Waals surface area contributed by atoms with Crippen LogP contribution in [0.25, 0.3) is 11.0 Å². The van der Waals surface area contributed by atoms with E-state index in [-0.39, 0.29) is 30.2 Å². The van der Waals surface area contributed by atoms with Gasteiger partial charge in [-0.15, -0.1) is 12.4 Å². The van der Waals surface area contributed by atoms with Gasteiger partial charge in [0.05, 0.1) is 0 Å². The van der Waals surface area contributed by atoms with Gasteiger partial charge in [0.2, 0.25) is 10.0 Å². The van der Waals surface area contributed by atoms with Crippen molar-refractivity contribution in [2.45, 2.75) is 44.0 Å². The number of hydrogen-bond acceptors (Lipinski definition) is 5. The van der Waals surface area contributed by atoms with E-state index in [1.165, 1.54) is 0 Å². The fourth-order valence-electron chi connectivity index (χ4n) is 3.10. The zero-order valence-electron chi connectivity index (χ0n) is 13.0. The SMILES string of the molecule is CC(N)C1CCCCN1S(=O)(=O)Cc1noc2ccccc12.Cl. The Hall–Kier alpha value is -1.15. The van der Waals surface area contributed by atoms with Crippen molar-refractivity contribution in [1.29, 1.82) is 0 Å². The van der Waals surface area contributed by atoms with E-state index in [2.05, 4.69) is 5.16 Å². The second-order valence-corrected chi connectivity index (χ2v) is 7.84. The van der Waals surface area contributed by atoms with Crippen molar-refractivity contribution in [3.8, 4) is 0 Å². The van der Waals surface area contributed by atoms with Gasteiger partial charge >= 0.3 is 0 Å².